The van der Waals surface area contributed by atoms with E-state index in [1.807, 2.05) is 12.1 Å². The van der Waals surface area contributed by atoms with E-state index in [2.05, 4.69) is 5.32 Å². The van der Waals surface area contributed by atoms with Gasteiger partial charge in [0.25, 0.3) is 10.0 Å². The molecule has 3 aromatic rings. The molecule has 3 rings (SSSR count). The number of methoxy groups -OCH3 is 2. The standard InChI is InChI=1S/C24H25FN2O5S/c1-31-22-13-8-18(16-23(22)32-2)14-15-26-24(28)17-27(20-11-9-19(25)10-12-20)33(29,30)21-6-4-3-5-7-21/h3-13,16H,14-15,17H2,1-2H3,(H,26,28). The van der Waals surface area contributed by atoms with E-state index in [1.165, 1.54) is 24.3 Å². The number of nitrogens with zero attached hydrogens (tertiary/aromatic N) is 1. The molecule has 0 saturated heterocycles. The Hall–Kier alpha value is -3.59. The van der Waals surface area contributed by atoms with E-state index in [9.17, 15) is 17.6 Å². The molecule has 3 aromatic carbocycles. The summed E-state index contributed by atoms with van der Waals surface area (Å²) in [6.45, 7) is -0.161. The van der Waals surface area contributed by atoms with Crippen LogP contribution in [0.5, 0.6) is 11.5 Å². The summed E-state index contributed by atoms with van der Waals surface area (Å²) in [5.41, 5.74) is 1.11. The number of rotatable bonds is 10. The quantitative estimate of drug-likeness (QED) is 0.489. The molecule has 0 aliphatic rings. The van der Waals surface area contributed by atoms with Crippen LogP contribution in [0.25, 0.3) is 0 Å². The van der Waals surface area contributed by atoms with Crippen molar-refractivity contribution in [2.75, 3.05) is 31.6 Å². The zero-order valence-electron chi connectivity index (χ0n) is 18.3. The largest absolute Gasteiger partial charge is 0.493 e. The predicted octanol–water partition coefficient (Wildman–Crippen LogP) is 3.40. The predicted molar refractivity (Wildman–Crippen MR) is 124 cm³/mol. The molecule has 0 spiro atoms. The third-order valence-corrected chi connectivity index (χ3v) is 6.70. The molecule has 0 aliphatic heterocycles. The molecule has 0 heterocycles. The van der Waals surface area contributed by atoms with Crippen molar-refractivity contribution in [3.63, 3.8) is 0 Å². The Bertz CT molecular complexity index is 1190. The number of halogens is 1. The second-order valence-corrected chi connectivity index (χ2v) is 8.95. The van der Waals surface area contributed by atoms with Gasteiger partial charge in [-0.25, -0.2) is 12.8 Å². The Labute approximate surface area is 192 Å². The Balaban J connectivity index is 1.72. The molecule has 0 unspecified atom stereocenters. The van der Waals surface area contributed by atoms with Crippen LogP contribution in [0.1, 0.15) is 5.56 Å². The molecule has 0 aliphatic carbocycles. The van der Waals surface area contributed by atoms with Crippen molar-refractivity contribution in [1.29, 1.82) is 0 Å². The molecule has 1 amide bonds. The summed E-state index contributed by atoms with van der Waals surface area (Å²) in [4.78, 5) is 12.7. The molecule has 1 N–H and O–H groups in total. The number of carbonyl (C=O) groups excluding carboxylic acids is 1. The molecule has 33 heavy (non-hydrogen) atoms. The number of carbonyl (C=O) groups is 1. The summed E-state index contributed by atoms with van der Waals surface area (Å²) in [6.07, 6.45) is 0.508. The molecule has 0 atom stereocenters. The first-order valence-corrected chi connectivity index (χ1v) is 11.6. The van der Waals surface area contributed by atoms with E-state index in [0.29, 0.717) is 17.9 Å². The second kappa shape index (κ2) is 10.8. The molecule has 0 saturated carbocycles. The van der Waals surface area contributed by atoms with Gasteiger partial charge in [-0.2, -0.15) is 0 Å². The highest BCUT2D eigenvalue weighted by molar-refractivity contribution is 7.92. The van der Waals surface area contributed by atoms with Crippen molar-refractivity contribution in [3.8, 4) is 11.5 Å². The third kappa shape index (κ3) is 6.01. The Morgan fingerprint density at radius 2 is 1.61 bits per heavy atom. The van der Waals surface area contributed by atoms with Crippen LogP contribution in [0.3, 0.4) is 0 Å². The van der Waals surface area contributed by atoms with Gasteiger partial charge >= 0.3 is 0 Å². The van der Waals surface area contributed by atoms with E-state index in [1.54, 1.807) is 38.5 Å². The van der Waals surface area contributed by atoms with Crippen LogP contribution in [0, 0.1) is 5.82 Å². The minimum Gasteiger partial charge on any atom is -0.493 e. The van der Waals surface area contributed by atoms with Crippen LogP contribution in [0.4, 0.5) is 10.1 Å². The van der Waals surface area contributed by atoms with E-state index >= 15 is 0 Å². The number of sulfonamides is 1. The third-order valence-electron chi connectivity index (χ3n) is 4.92. The summed E-state index contributed by atoms with van der Waals surface area (Å²) >= 11 is 0. The van der Waals surface area contributed by atoms with Crippen LogP contribution in [0.2, 0.25) is 0 Å². The Morgan fingerprint density at radius 3 is 2.24 bits per heavy atom. The van der Waals surface area contributed by atoms with Gasteiger partial charge in [-0.15, -0.1) is 0 Å². The van der Waals surface area contributed by atoms with Crippen molar-refractivity contribution in [2.45, 2.75) is 11.3 Å². The van der Waals surface area contributed by atoms with Crippen LogP contribution < -0.4 is 19.1 Å². The lowest BCUT2D eigenvalue weighted by Gasteiger charge is -2.24. The molecule has 9 heteroatoms. The number of hydrogen-bond donors (Lipinski definition) is 1. The fraction of sp³-hybridized carbons (Fsp3) is 0.208. The number of benzene rings is 3. The Morgan fingerprint density at radius 1 is 0.939 bits per heavy atom. The number of nitrogens with one attached hydrogen (secondary N) is 1. The van der Waals surface area contributed by atoms with E-state index in [-0.39, 0.29) is 17.1 Å². The first-order chi connectivity index (χ1) is 15.8. The fourth-order valence-corrected chi connectivity index (χ4v) is 4.65. The monoisotopic (exact) mass is 472 g/mol. The van der Waals surface area contributed by atoms with Gasteiger partial charge in [0.1, 0.15) is 12.4 Å². The van der Waals surface area contributed by atoms with Crippen LogP contribution in [-0.4, -0.2) is 41.6 Å². The van der Waals surface area contributed by atoms with Gasteiger partial charge in [0, 0.05) is 6.54 Å². The van der Waals surface area contributed by atoms with Crippen LogP contribution in [0.15, 0.2) is 77.7 Å². The molecule has 0 fully saturated rings. The number of hydrogen-bond acceptors (Lipinski definition) is 5. The zero-order chi connectivity index (χ0) is 23.8. The normalized spacial score (nSPS) is 11.0. The van der Waals surface area contributed by atoms with Gasteiger partial charge in [-0.3, -0.25) is 9.10 Å². The van der Waals surface area contributed by atoms with Crippen molar-refractivity contribution in [1.82, 2.24) is 5.32 Å². The summed E-state index contributed by atoms with van der Waals surface area (Å²) in [5, 5.41) is 2.74. The maximum absolute atomic E-state index is 13.4. The topological polar surface area (TPSA) is 84.9 Å². The van der Waals surface area contributed by atoms with Crippen molar-refractivity contribution >= 4 is 21.6 Å². The summed E-state index contributed by atoms with van der Waals surface area (Å²) in [5.74, 6) is 0.193. The number of ether oxygens (including phenoxy) is 2. The highest BCUT2D eigenvalue weighted by Crippen LogP contribution is 2.27. The molecule has 0 bridgehead atoms. The number of anilines is 1. The van der Waals surface area contributed by atoms with Crippen molar-refractivity contribution in [2.24, 2.45) is 0 Å². The van der Waals surface area contributed by atoms with Crippen molar-refractivity contribution < 1.29 is 27.1 Å². The van der Waals surface area contributed by atoms with Crippen LogP contribution >= 0.6 is 0 Å². The van der Waals surface area contributed by atoms with Gasteiger partial charge in [-0.1, -0.05) is 24.3 Å². The molecule has 0 aromatic heterocycles. The van der Waals surface area contributed by atoms with Gasteiger partial charge in [0.2, 0.25) is 5.91 Å². The summed E-state index contributed by atoms with van der Waals surface area (Å²) < 4.78 is 51.3. The highest BCUT2D eigenvalue weighted by atomic mass is 32.2. The van der Waals surface area contributed by atoms with Gasteiger partial charge in [0.15, 0.2) is 11.5 Å². The maximum atomic E-state index is 13.4. The minimum absolute atomic E-state index is 0.0347. The second-order valence-electron chi connectivity index (χ2n) is 7.09. The molecule has 174 valence electrons. The lowest BCUT2D eigenvalue weighted by Crippen LogP contribution is -2.41. The lowest BCUT2D eigenvalue weighted by atomic mass is 10.1. The van der Waals surface area contributed by atoms with E-state index in [0.717, 1.165) is 22.0 Å². The summed E-state index contributed by atoms with van der Waals surface area (Å²) in [6, 6.07) is 18.2. The minimum atomic E-state index is -4.04. The smallest absolute Gasteiger partial charge is 0.264 e. The molecule has 0 radical (unpaired) electrons. The van der Waals surface area contributed by atoms with Gasteiger partial charge in [0.05, 0.1) is 24.8 Å². The SMILES string of the molecule is COc1ccc(CCNC(=O)CN(c2ccc(F)cc2)S(=O)(=O)c2ccccc2)cc1OC. The number of amides is 1. The maximum Gasteiger partial charge on any atom is 0.264 e. The van der Waals surface area contributed by atoms with Gasteiger partial charge in [-0.05, 0) is 60.5 Å². The average Bonchev–Trinajstić information content (AvgIpc) is 2.83. The van der Waals surface area contributed by atoms with E-state index in [4.69, 9.17) is 9.47 Å². The lowest BCUT2D eigenvalue weighted by molar-refractivity contribution is -0.119. The molecular weight excluding hydrogens is 447 g/mol. The molecular formula is C24H25FN2O5S. The van der Waals surface area contributed by atoms with Gasteiger partial charge < -0.3 is 14.8 Å². The summed E-state index contributed by atoms with van der Waals surface area (Å²) in [7, 11) is -0.944. The van der Waals surface area contributed by atoms with Crippen LogP contribution in [-0.2, 0) is 21.2 Å². The first-order valence-electron chi connectivity index (χ1n) is 10.2. The van der Waals surface area contributed by atoms with Crippen molar-refractivity contribution in [3.05, 3.63) is 84.2 Å². The Kier molecular flexibility index (Phi) is 7.89. The van der Waals surface area contributed by atoms with E-state index < -0.39 is 28.3 Å². The zero-order valence-corrected chi connectivity index (χ0v) is 19.1. The highest BCUT2D eigenvalue weighted by Gasteiger charge is 2.27. The average molecular weight is 473 g/mol. The molecule has 7 nitrogen and oxygen atoms in total. The fourth-order valence-electron chi connectivity index (χ4n) is 3.21. The first kappa shape index (κ1) is 24.1.